The molecule has 2 heterocycles. The van der Waals surface area contributed by atoms with Crippen LogP contribution in [0.3, 0.4) is 0 Å². The first-order valence-corrected chi connectivity index (χ1v) is 6.65. The monoisotopic (exact) mass is 253 g/mol. The van der Waals surface area contributed by atoms with Gasteiger partial charge in [-0.15, -0.1) is 11.3 Å². The van der Waals surface area contributed by atoms with Gasteiger partial charge >= 0.3 is 0 Å². The maximum absolute atomic E-state index is 11.2. The molecule has 94 valence electrons. The Morgan fingerprint density at radius 2 is 2.24 bits per heavy atom. The van der Waals surface area contributed by atoms with Gasteiger partial charge in [0.1, 0.15) is 4.88 Å². The fraction of sp³-hybridized carbons (Fsp3) is 0.583. The van der Waals surface area contributed by atoms with E-state index in [2.05, 4.69) is 18.7 Å². The van der Waals surface area contributed by atoms with E-state index in [1.54, 1.807) is 0 Å². The fourth-order valence-electron chi connectivity index (χ4n) is 2.35. The lowest BCUT2D eigenvalue weighted by Gasteiger charge is -2.38. The Kier molecular flexibility index (Phi) is 3.03. The first-order chi connectivity index (χ1) is 7.89. The highest BCUT2D eigenvalue weighted by molar-refractivity contribution is 7.18. The number of nitrogen functional groups attached to an aromatic ring is 1. The molecule has 0 aliphatic carbocycles. The summed E-state index contributed by atoms with van der Waals surface area (Å²) >= 11 is 1.40. The molecule has 0 aromatic carbocycles. The van der Waals surface area contributed by atoms with Crippen LogP contribution in [0, 0.1) is 5.41 Å². The van der Waals surface area contributed by atoms with Crippen LogP contribution in [0.15, 0.2) is 6.07 Å². The predicted octanol–water partition coefficient (Wildman–Crippen LogP) is 2.06. The second-order valence-electron chi connectivity index (χ2n) is 5.42. The number of carbonyl (C=O) groups excluding carboxylic acids is 1. The Bertz CT molecular complexity index is 439. The molecule has 1 aliphatic heterocycles. The number of thiophene rings is 1. The molecule has 1 fully saturated rings. The third-order valence-electron chi connectivity index (χ3n) is 3.18. The van der Waals surface area contributed by atoms with Gasteiger partial charge in [-0.3, -0.25) is 4.79 Å². The molecular formula is C12H19N3OS. The van der Waals surface area contributed by atoms with Crippen molar-refractivity contribution in [2.75, 3.05) is 23.7 Å². The summed E-state index contributed by atoms with van der Waals surface area (Å²) in [6.07, 6.45) is 2.42. The molecule has 4 N–H and O–H groups in total. The van der Waals surface area contributed by atoms with E-state index < -0.39 is 5.91 Å². The SMILES string of the molecule is CC1(C)CCCN(c2cc(N)c(C(N)=O)s2)C1. The lowest BCUT2D eigenvalue weighted by molar-refractivity contribution is 0.100. The minimum atomic E-state index is -0.435. The van der Waals surface area contributed by atoms with Crippen molar-refractivity contribution in [3.05, 3.63) is 10.9 Å². The van der Waals surface area contributed by atoms with E-state index in [9.17, 15) is 4.79 Å². The molecule has 5 heteroatoms. The van der Waals surface area contributed by atoms with Crippen molar-refractivity contribution in [1.29, 1.82) is 0 Å². The van der Waals surface area contributed by atoms with E-state index in [4.69, 9.17) is 11.5 Å². The summed E-state index contributed by atoms with van der Waals surface area (Å²) in [6, 6.07) is 1.87. The summed E-state index contributed by atoms with van der Waals surface area (Å²) in [7, 11) is 0. The normalized spacial score (nSPS) is 19.3. The van der Waals surface area contributed by atoms with Crippen LogP contribution in [-0.4, -0.2) is 19.0 Å². The molecule has 0 saturated carbocycles. The maximum atomic E-state index is 11.2. The Morgan fingerprint density at radius 1 is 1.53 bits per heavy atom. The van der Waals surface area contributed by atoms with E-state index >= 15 is 0 Å². The Hall–Kier alpha value is -1.23. The van der Waals surface area contributed by atoms with Crippen molar-refractivity contribution in [2.24, 2.45) is 11.1 Å². The molecule has 4 nitrogen and oxygen atoms in total. The average molecular weight is 253 g/mol. The van der Waals surface area contributed by atoms with Crippen molar-refractivity contribution < 1.29 is 4.79 Å². The lowest BCUT2D eigenvalue weighted by Crippen LogP contribution is -2.39. The van der Waals surface area contributed by atoms with Crippen LogP contribution in [-0.2, 0) is 0 Å². The maximum Gasteiger partial charge on any atom is 0.260 e. The quantitative estimate of drug-likeness (QED) is 0.847. The van der Waals surface area contributed by atoms with Gasteiger partial charge in [0.25, 0.3) is 5.91 Å². The molecule has 1 saturated heterocycles. The second kappa shape index (κ2) is 4.22. The molecule has 0 spiro atoms. The second-order valence-corrected chi connectivity index (χ2v) is 6.45. The zero-order chi connectivity index (χ0) is 12.6. The molecule has 0 unspecified atom stereocenters. The molecule has 1 aliphatic rings. The van der Waals surface area contributed by atoms with Crippen LogP contribution in [0.5, 0.6) is 0 Å². The number of amides is 1. The third kappa shape index (κ3) is 2.54. The van der Waals surface area contributed by atoms with Gasteiger partial charge in [-0.25, -0.2) is 0 Å². The fourth-order valence-corrected chi connectivity index (χ4v) is 3.31. The number of rotatable bonds is 2. The Labute approximate surface area is 106 Å². The number of primary amides is 1. The van der Waals surface area contributed by atoms with Crippen molar-refractivity contribution in [1.82, 2.24) is 0 Å². The summed E-state index contributed by atoms with van der Waals surface area (Å²) in [5.41, 5.74) is 11.9. The van der Waals surface area contributed by atoms with Gasteiger partial charge < -0.3 is 16.4 Å². The molecule has 17 heavy (non-hydrogen) atoms. The average Bonchev–Trinajstić information content (AvgIpc) is 2.59. The number of carbonyl (C=O) groups is 1. The standard InChI is InChI=1S/C12H19N3OS/c1-12(2)4-3-5-15(7-12)9-6-8(13)10(17-9)11(14)16/h6H,3-5,7,13H2,1-2H3,(H2,14,16). The van der Waals surface area contributed by atoms with E-state index in [0.717, 1.165) is 18.1 Å². The smallest absolute Gasteiger partial charge is 0.260 e. The first kappa shape index (κ1) is 12.2. The van der Waals surface area contributed by atoms with Gasteiger partial charge in [-0.05, 0) is 24.3 Å². The number of piperidine rings is 1. The van der Waals surface area contributed by atoms with Crippen LogP contribution < -0.4 is 16.4 Å². The molecule has 1 aromatic heterocycles. The Balaban J connectivity index is 2.22. The minimum Gasteiger partial charge on any atom is -0.397 e. The van der Waals surface area contributed by atoms with Crippen molar-refractivity contribution in [3.63, 3.8) is 0 Å². The number of hydrogen-bond donors (Lipinski definition) is 2. The number of hydrogen-bond acceptors (Lipinski definition) is 4. The van der Waals surface area contributed by atoms with Gasteiger partial charge in [0.2, 0.25) is 0 Å². The van der Waals surface area contributed by atoms with E-state index in [0.29, 0.717) is 16.0 Å². The van der Waals surface area contributed by atoms with E-state index in [-0.39, 0.29) is 0 Å². The highest BCUT2D eigenvalue weighted by Crippen LogP contribution is 2.37. The molecular weight excluding hydrogens is 234 g/mol. The minimum absolute atomic E-state index is 0.323. The summed E-state index contributed by atoms with van der Waals surface area (Å²) in [4.78, 5) is 14.0. The summed E-state index contributed by atoms with van der Waals surface area (Å²) in [6.45, 7) is 6.57. The number of nitrogens with two attached hydrogens (primary N) is 2. The Morgan fingerprint density at radius 3 is 2.76 bits per heavy atom. The van der Waals surface area contributed by atoms with Gasteiger partial charge in [-0.2, -0.15) is 0 Å². The molecule has 0 radical (unpaired) electrons. The van der Waals surface area contributed by atoms with Gasteiger partial charge in [0, 0.05) is 13.1 Å². The molecule has 1 aromatic rings. The highest BCUT2D eigenvalue weighted by atomic mass is 32.1. The third-order valence-corrected chi connectivity index (χ3v) is 4.41. The van der Waals surface area contributed by atoms with E-state index in [1.807, 2.05) is 6.07 Å². The largest absolute Gasteiger partial charge is 0.397 e. The highest BCUT2D eigenvalue weighted by Gasteiger charge is 2.28. The van der Waals surface area contributed by atoms with Crippen molar-refractivity contribution >= 4 is 27.9 Å². The lowest BCUT2D eigenvalue weighted by atomic mass is 9.84. The van der Waals surface area contributed by atoms with E-state index in [1.165, 1.54) is 24.2 Å². The zero-order valence-electron chi connectivity index (χ0n) is 10.3. The van der Waals surface area contributed by atoms with Gasteiger partial charge in [-0.1, -0.05) is 13.8 Å². The number of nitrogens with zero attached hydrogens (tertiary/aromatic N) is 1. The van der Waals surface area contributed by atoms with Crippen LogP contribution in [0.4, 0.5) is 10.7 Å². The van der Waals surface area contributed by atoms with Crippen molar-refractivity contribution in [2.45, 2.75) is 26.7 Å². The molecule has 0 bridgehead atoms. The number of anilines is 2. The van der Waals surface area contributed by atoms with Crippen LogP contribution >= 0.6 is 11.3 Å². The summed E-state index contributed by atoms with van der Waals surface area (Å²) < 4.78 is 0. The van der Waals surface area contributed by atoms with Crippen LogP contribution in [0.2, 0.25) is 0 Å². The summed E-state index contributed by atoms with van der Waals surface area (Å²) in [5, 5.41) is 1.06. The van der Waals surface area contributed by atoms with Gasteiger partial charge in [0.15, 0.2) is 0 Å². The summed E-state index contributed by atoms with van der Waals surface area (Å²) in [5.74, 6) is -0.435. The predicted molar refractivity (Wildman–Crippen MR) is 72.5 cm³/mol. The molecule has 2 rings (SSSR count). The first-order valence-electron chi connectivity index (χ1n) is 5.83. The van der Waals surface area contributed by atoms with Gasteiger partial charge in [0.05, 0.1) is 10.7 Å². The molecule has 1 amide bonds. The van der Waals surface area contributed by atoms with Crippen LogP contribution in [0.25, 0.3) is 0 Å². The zero-order valence-corrected chi connectivity index (χ0v) is 11.1. The topological polar surface area (TPSA) is 72.3 Å². The van der Waals surface area contributed by atoms with Crippen LogP contribution in [0.1, 0.15) is 36.4 Å². The molecule has 0 atom stereocenters. The van der Waals surface area contributed by atoms with Crippen molar-refractivity contribution in [3.8, 4) is 0 Å².